The van der Waals surface area contributed by atoms with E-state index in [2.05, 4.69) is 46.6 Å². The fourth-order valence-corrected chi connectivity index (χ4v) is 3.34. The first kappa shape index (κ1) is 8.30. The number of H-pyrrole nitrogens is 1. The van der Waals surface area contributed by atoms with Crippen LogP contribution in [0.5, 0.6) is 0 Å². The highest BCUT2D eigenvalue weighted by Gasteiger charge is 2.08. The quantitative estimate of drug-likeness (QED) is 0.481. The maximum absolute atomic E-state index is 4.12. The molecule has 2 aromatic carbocycles. The van der Waals surface area contributed by atoms with Gasteiger partial charge in [-0.25, -0.2) is 0 Å². The summed E-state index contributed by atoms with van der Waals surface area (Å²) in [6, 6.07) is 12.8. The Bertz CT molecular complexity index is 810. The van der Waals surface area contributed by atoms with Crippen LogP contribution in [0.2, 0.25) is 0 Å². The number of thiophene rings is 1. The molecule has 0 saturated carbocycles. The van der Waals surface area contributed by atoms with Crippen LogP contribution >= 0.6 is 11.3 Å². The number of benzene rings is 2. The molecule has 4 rings (SSSR count). The van der Waals surface area contributed by atoms with E-state index in [4.69, 9.17) is 0 Å². The molecule has 0 aliphatic carbocycles. The molecule has 0 radical (unpaired) electrons. The lowest BCUT2D eigenvalue weighted by atomic mass is 10.1. The molecule has 0 atom stereocenters. The molecule has 16 heavy (non-hydrogen) atoms. The third-order valence-electron chi connectivity index (χ3n) is 2.96. The first-order valence-electron chi connectivity index (χ1n) is 5.17. The minimum Gasteiger partial charge on any atom is -0.277 e. The monoisotopic (exact) mass is 224 g/mol. The standard InChI is InChI=1S/C13H8N2S/c1-2-4-10-9(3-1)12-11(16-10)6-5-8-7-14-15-13(8)12/h1-7H,(H,14,15). The maximum Gasteiger partial charge on any atom is 0.0743 e. The normalized spacial score (nSPS) is 11.8. The molecule has 3 heteroatoms. The number of hydrogen-bond donors (Lipinski definition) is 1. The SMILES string of the molecule is c1ccc2c(c1)sc1ccc3cn[nH]c3c12. The van der Waals surface area contributed by atoms with Gasteiger partial charge in [-0.3, -0.25) is 5.10 Å². The number of hydrogen-bond acceptors (Lipinski definition) is 2. The molecule has 0 saturated heterocycles. The van der Waals surface area contributed by atoms with Crippen molar-refractivity contribution in [1.82, 2.24) is 10.2 Å². The molecule has 2 aromatic heterocycles. The summed E-state index contributed by atoms with van der Waals surface area (Å²) in [4.78, 5) is 0. The van der Waals surface area contributed by atoms with Gasteiger partial charge >= 0.3 is 0 Å². The summed E-state index contributed by atoms with van der Waals surface area (Å²) in [7, 11) is 0. The second-order valence-corrected chi connectivity index (χ2v) is 4.95. The summed E-state index contributed by atoms with van der Waals surface area (Å²) in [6.07, 6.45) is 1.88. The van der Waals surface area contributed by atoms with Gasteiger partial charge in [-0.2, -0.15) is 5.10 Å². The van der Waals surface area contributed by atoms with Gasteiger partial charge in [0.25, 0.3) is 0 Å². The Morgan fingerprint density at radius 2 is 1.94 bits per heavy atom. The van der Waals surface area contributed by atoms with Gasteiger partial charge in [-0.05, 0) is 18.2 Å². The molecule has 2 nitrogen and oxygen atoms in total. The van der Waals surface area contributed by atoms with E-state index in [1.807, 2.05) is 17.5 Å². The van der Waals surface area contributed by atoms with E-state index in [1.165, 1.54) is 25.6 Å². The van der Waals surface area contributed by atoms with E-state index < -0.39 is 0 Å². The fraction of sp³-hybridized carbons (Fsp3) is 0. The van der Waals surface area contributed by atoms with Crippen LogP contribution in [0.3, 0.4) is 0 Å². The number of aromatic amines is 1. The number of aromatic nitrogens is 2. The van der Waals surface area contributed by atoms with Crippen LogP contribution < -0.4 is 0 Å². The molecule has 0 fully saturated rings. The van der Waals surface area contributed by atoms with Gasteiger partial charge in [0, 0.05) is 25.6 Å². The summed E-state index contributed by atoms with van der Waals surface area (Å²) in [5.74, 6) is 0. The molecular formula is C13H8N2S. The number of nitrogens with one attached hydrogen (secondary N) is 1. The van der Waals surface area contributed by atoms with E-state index in [0.29, 0.717) is 0 Å². The summed E-state index contributed by atoms with van der Waals surface area (Å²) < 4.78 is 2.65. The van der Waals surface area contributed by atoms with Gasteiger partial charge in [0.1, 0.15) is 0 Å². The zero-order chi connectivity index (χ0) is 10.5. The molecule has 76 valence electrons. The average Bonchev–Trinajstić information content (AvgIpc) is 2.91. The predicted octanol–water partition coefficient (Wildman–Crippen LogP) is 3.93. The van der Waals surface area contributed by atoms with Gasteiger partial charge in [-0.1, -0.05) is 18.2 Å². The van der Waals surface area contributed by atoms with Gasteiger partial charge in [0.05, 0.1) is 11.7 Å². The van der Waals surface area contributed by atoms with E-state index in [0.717, 1.165) is 5.52 Å². The van der Waals surface area contributed by atoms with E-state index in [1.54, 1.807) is 0 Å². The Morgan fingerprint density at radius 3 is 2.94 bits per heavy atom. The van der Waals surface area contributed by atoms with Crippen LogP contribution in [0.15, 0.2) is 42.6 Å². The summed E-state index contributed by atoms with van der Waals surface area (Å²) >= 11 is 1.83. The Balaban J connectivity index is 2.42. The second kappa shape index (κ2) is 2.83. The molecule has 0 aliphatic heterocycles. The van der Waals surface area contributed by atoms with E-state index in [9.17, 15) is 0 Å². The highest BCUT2D eigenvalue weighted by molar-refractivity contribution is 7.26. The van der Waals surface area contributed by atoms with Crippen molar-refractivity contribution in [3.63, 3.8) is 0 Å². The van der Waals surface area contributed by atoms with Crippen molar-refractivity contribution in [2.45, 2.75) is 0 Å². The van der Waals surface area contributed by atoms with Crippen molar-refractivity contribution < 1.29 is 0 Å². The summed E-state index contributed by atoms with van der Waals surface area (Å²) in [5, 5.41) is 11.0. The molecule has 2 heterocycles. The summed E-state index contributed by atoms with van der Waals surface area (Å²) in [5.41, 5.74) is 1.15. The maximum atomic E-state index is 4.12. The number of fused-ring (bicyclic) bond motifs is 5. The highest BCUT2D eigenvalue weighted by atomic mass is 32.1. The van der Waals surface area contributed by atoms with Crippen LogP contribution in [0, 0.1) is 0 Å². The van der Waals surface area contributed by atoms with Crippen LogP contribution in [0.25, 0.3) is 31.1 Å². The molecule has 0 unspecified atom stereocenters. The Labute approximate surface area is 95.5 Å². The van der Waals surface area contributed by atoms with Crippen molar-refractivity contribution in [3.05, 3.63) is 42.6 Å². The lowest BCUT2D eigenvalue weighted by Crippen LogP contribution is -1.71. The Kier molecular flexibility index (Phi) is 1.47. The third kappa shape index (κ3) is 0.933. The first-order chi connectivity index (χ1) is 7.93. The number of rotatable bonds is 0. The van der Waals surface area contributed by atoms with Crippen molar-refractivity contribution in [2.24, 2.45) is 0 Å². The lowest BCUT2D eigenvalue weighted by molar-refractivity contribution is 1.12. The lowest BCUT2D eigenvalue weighted by Gasteiger charge is -1.93. The smallest absolute Gasteiger partial charge is 0.0743 e. The molecular weight excluding hydrogens is 216 g/mol. The van der Waals surface area contributed by atoms with Crippen LogP contribution in [0.1, 0.15) is 0 Å². The van der Waals surface area contributed by atoms with Crippen LogP contribution in [-0.4, -0.2) is 10.2 Å². The fourth-order valence-electron chi connectivity index (χ4n) is 2.23. The van der Waals surface area contributed by atoms with Crippen LogP contribution in [-0.2, 0) is 0 Å². The third-order valence-corrected chi connectivity index (χ3v) is 4.09. The van der Waals surface area contributed by atoms with Crippen molar-refractivity contribution >= 4 is 42.4 Å². The average molecular weight is 224 g/mol. The molecule has 0 spiro atoms. The molecule has 1 N–H and O–H groups in total. The van der Waals surface area contributed by atoms with Gasteiger partial charge in [-0.15, -0.1) is 11.3 Å². The van der Waals surface area contributed by atoms with Gasteiger partial charge in [0.15, 0.2) is 0 Å². The second-order valence-electron chi connectivity index (χ2n) is 3.87. The van der Waals surface area contributed by atoms with Crippen molar-refractivity contribution in [2.75, 3.05) is 0 Å². The van der Waals surface area contributed by atoms with E-state index >= 15 is 0 Å². The van der Waals surface area contributed by atoms with Crippen molar-refractivity contribution in [1.29, 1.82) is 0 Å². The predicted molar refractivity (Wildman–Crippen MR) is 69.0 cm³/mol. The molecule has 0 aliphatic rings. The van der Waals surface area contributed by atoms with E-state index in [-0.39, 0.29) is 0 Å². The molecule has 0 amide bonds. The van der Waals surface area contributed by atoms with Gasteiger partial charge in [0.2, 0.25) is 0 Å². The number of nitrogens with zero attached hydrogens (tertiary/aromatic N) is 1. The Hall–Kier alpha value is -1.87. The van der Waals surface area contributed by atoms with Crippen molar-refractivity contribution in [3.8, 4) is 0 Å². The highest BCUT2D eigenvalue weighted by Crippen LogP contribution is 2.37. The molecule has 0 bridgehead atoms. The minimum absolute atomic E-state index is 1.15. The minimum atomic E-state index is 1.15. The Morgan fingerprint density at radius 1 is 1.00 bits per heavy atom. The molecule has 4 aromatic rings. The topological polar surface area (TPSA) is 28.7 Å². The zero-order valence-electron chi connectivity index (χ0n) is 8.40. The van der Waals surface area contributed by atoms with Crippen LogP contribution in [0.4, 0.5) is 0 Å². The van der Waals surface area contributed by atoms with Gasteiger partial charge < -0.3 is 0 Å². The largest absolute Gasteiger partial charge is 0.277 e. The first-order valence-corrected chi connectivity index (χ1v) is 5.98. The summed E-state index contributed by atoms with van der Waals surface area (Å²) in [6.45, 7) is 0. The zero-order valence-corrected chi connectivity index (χ0v) is 9.21.